The van der Waals surface area contributed by atoms with E-state index in [0.717, 1.165) is 15.7 Å². The van der Waals surface area contributed by atoms with E-state index in [1.807, 2.05) is 25.1 Å². The molecule has 31 heavy (non-hydrogen) atoms. The van der Waals surface area contributed by atoms with Gasteiger partial charge in [-0.05, 0) is 54.1 Å². The smallest absolute Gasteiger partial charge is 0.243 e. The fourth-order valence-corrected chi connectivity index (χ4v) is 5.71. The number of hydrogen-bond donors (Lipinski definition) is 1. The molecule has 0 spiro atoms. The van der Waals surface area contributed by atoms with Crippen LogP contribution in [0.1, 0.15) is 6.92 Å². The molecule has 1 aliphatic rings. The molecule has 1 amide bonds. The van der Waals surface area contributed by atoms with E-state index in [9.17, 15) is 13.2 Å². The molecule has 0 radical (unpaired) electrons. The number of carbonyl (C=O) groups is 1. The normalized spacial score (nSPS) is 16.2. The molecule has 162 valence electrons. The van der Waals surface area contributed by atoms with Crippen molar-refractivity contribution in [1.82, 2.24) is 4.31 Å². The predicted molar refractivity (Wildman–Crippen MR) is 124 cm³/mol. The highest BCUT2D eigenvalue weighted by atomic mass is 32.2. The van der Waals surface area contributed by atoms with Gasteiger partial charge in [-0.25, -0.2) is 8.42 Å². The van der Waals surface area contributed by atoms with Crippen LogP contribution in [0.4, 0.5) is 5.69 Å². The van der Waals surface area contributed by atoms with Crippen molar-refractivity contribution in [1.29, 1.82) is 0 Å². The maximum absolute atomic E-state index is 12.7. The van der Waals surface area contributed by atoms with E-state index in [2.05, 4.69) is 29.6 Å². The number of anilines is 1. The summed E-state index contributed by atoms with van der Waals surface area (Å²) in [5, 5.41) is 4.86. The van der Waals surface area contributed by atoms with Crippen LogP contribution in [0.5, 0.6) is 0 Å². The molecule has 1 atom stereocenters. The number of carbonyl (C=O) groups excluding carboxylic acids is 1. The molecule has 1 fully saturated rings. The maximum Gasteiger partial charge on any atom is 0.243 e. The Kier molecular flexibility index (Phi) is 6.62. The minimum absolute atomic E-state index is 0.137. The predicted octanol–water partition coefficient (Wildman–Crippen LogP) is 3.98. The number of nitrogens with one attached hydrogen (secondary N) is 1. The van der Waals surface area contributed by atoms with Crippen LogP contribution in [0.25, 0.3) is 10.8 Å². The highest BCUT2D eigenvalue weighted by molar-refractivity contribution is 8.00. The molecule has 1 heterocycles. The van der Waals surface area contributed by atoms with Crippen molar-refractivity contribution in [3.8, 4) is 0 Å². The van der Waals surface area contributed by atoms with Crippen LogP contribution in [0.3, 0.4) is 0 Å². The van der Waals surface area contributed by atoms with Gasteiger partial charge in [-0.15, -0.1) is 11.8 Å². The first-order valence-electron chi connectivity index (χ1n) is 10.1. The fourth-order valence-electron chi connectivity index (χ4n) is 3.39. The lowest BCUT2D eigenvalue weighted by molar-refractivity contribution is -0.115. The van der Waals surface area contributed by atoms with Gasteiger partial charge in [0.1, 0.15) is 0 Å². The summed E-state index contributed by atoms with van der Waals surface area (Å²) >= 11 is 1.49. The Morgan fingerprint density at radius 3 is 2.39 bits per heavy atom. The van der Waals surface area contributed by atoms with E-state index >= 15 is 0 Å². The average molecular weight is 457 g/mol. The summed E-state index contributed by atoms with van der Waals surface area (Å²) in [6.45, 7) is 3.36. The molecular formula is C23H24N2O4S2. The third-order valence-electron chi connectivity index (χ3n) is 5.13. The first-order chi connectivity index (χ1) is 14.9. The number of benzene rings is 3. The van der Waals surface area contributed by atoms with Crippen molar-refractivity contribution in [3.05, 3.63) is 66.7 Å². The van der Waals surface area contributed by atoms with Crippen molar-refractivity contribution in [2.45, 2.75) is 22.0 Å². The van der Waals surface area contributed by atoms with E-state index in [-0.39, 0.29) is 16.1 Å². The number of amides is 1. The quantitative estimate of drug-likeness (QED) is 0.568. The van der Waals surface area contributed by atoms with Crippen LogP contribution >= 0.6 is 11.8 Å². The summed E-state index contributed by atoms with van der Waals surface area (Å²) in [7, 11) is -3.55. The average Bonchev–Trinajstić information content (AvgIpc) is 2.80. The Morgan fingerprint density at radius 2 is 1.68 bits per heavy atom. The van der Waals surface area contributed by atoms with Crippen LogP contribution in [-0.4, -0.2) is 50.2 Å². The van der Waals surface area contributed by atoms with Crippen LogP contribution in [0.2, 0.25) is 0 Å². The Labute approximate surface area is 186 Å². The molecule has 0 saturated carbocycles. The maximum atomic E-state index is 12.7. The minimum atomic E-state index is -3.55. The Morgan fingerprint density at radius 1 is 1.00 bits per heavy atom. The van der Waals surface area contributed by atoms with Crippen molar-refractivity contribution >= 4 is 44.2 Å². The first kappa shape index (κ1) is 21.8. The van der Waals surface area contributed by atoms with E-state index in [0.29, 0.717) is 32.0 Å². The van der Waals surface area contributed by atoms with Gasteiger partial charge >= 0.3 is 0 Å². The lowest BCUT2D eigenvalue weighted by atomic mass is 10.1. The van der Waals surface area contributed by atoms with Crippen molar-refractivity contribution in [2.24, 2.45) is 0 Å². The minimum Gasteiger partial charge on any atom is -0.379 e. The summed E-state index contributed by atoms with van der Waals surface area (Å²) < 4.78 is 32.1. The molecule has 3 aromatic rings. The fraction of sp³-hybridized carbons (Fsp3) is 0.261. The van der Waals surface area contributed by atoms with Gasteiger partial charge in [0.15, 0.2) is 0 Å². The van der Waals surface area contributed by atoms with Crippen molar-refractivity contribution in [3.63, 3.8) is 0 Å². The molecule has 6 nitrogen and oxygen atoms in total. The van der Waals surface area contributed by atoms with Crippen molar-refractivity contribution < 1.29 is 17.9 Å². The Bertz CT molecular complexity index is 1170. The number of hydrogen-bond acceptors (Lipinski definition) is 5. The van der Waals surface area contributed by atoms with E-state index in [1.54, 1.807) is 12.1 Å². The second-order valence-electron chi connectivity index (χ2n) is 7.30. The number of rotatable bonds is 6. The van der Waals surface area contributed by atoms with Gasteiger partial charge in [-0.3, -0.25) is 4.79 Å². The molecule has 3 aromatic carbocycles. The van der Waals surface area contributed by atoms with Crippen LogP contribution in [0, 0.1) is 0 Å². The number of sulfonamides is 1. The molecule has 8 heteroatoms. The number of morpholine rings is 1. The molecule has 1 unspecified atom stereocenters. The third-order valence-corrected chi connectivity index (χ3v) is 8.14. The standard InChI is InChI=1S/C23H24N2O4S2/c1-17(30-21-9-6-18-4-2-3-5-19(18)16-21)23(26)24-20-7-10-22(11-8-20)31(27,28)25-12-14-29-15-13-25/h2-11,16-17H,12-15H2,1H3,(H,24,26). The molecule has 1 N–H and O–H groups in total. The zero-order chi connectivity index (χ0) is 21.8. The highest BCUT2D eigenvalue weighted by Gasteiger charge is 2.26. The van der Waals surface area contributed by atoms with Gasteiger partial charge in [0.25, 0.3) is 0 Å². The molecule has 1 aliphatic heterocycles. The van der Waals surface area contributed by atoms with Gasteiger partial charge in [-0.2, -0.15) is 4.31 Å². The number of fused-ring (bicyclic) bond motifs is 1. The molecule has 1 saturated heterocycles. The molecule has 0 bridgehead atoms. The van der Waals surface area contributed by atoms with Gasteiger partial charge in [0, 0.05) is 23.7 Å². The first-order valence-corrected chi connectivity index (χ1v) is 12.4. The second-order valence-corrected chi connectivity index (χ2v) is 10.7. The zero-order valence-corrected chi connectivity index (χ0v) is 18.8. The van der Waals surface area contributed by atoms with Crippen LogP contribution in [-0.2, 0) is 19.6 Å². The molecular weight excluding hydrogens is 432 g/mol. The monoisotopic (exact) mass is 456 g/mol. The Hall–Kier alpha value is -2.39. The SMILES string of the molecule is CC(Sc1ccc2ccccc2c1)C(=O)Nc1ccc(S(=O)(=O)N2CCOCC2)cc1. The van der Waals surface area contributed by atoms with E-state index < -0.39 is 10.0 Å². The van der Waals surface area contributed by atoms with Gasteiger partial charge < -0.3 is 10.1 Å². The topological polar surface area (TPSA) is 75.7 Å². The summed E-state index contributed by atoms with van der Waals surface area (Å²) in [4.78, 5) is 13.9. The third kappa shape index (κ3) is 5.10. The number of nitrogens with zero attached hydrogens (tertiary/aromatic N) is 1. The second kappa shape index (κ2) is 9.40. The van der Waals surface area contributed by atoms with Crippen molar-refractivity contribution in [2.75, 3.05) is 31.6 Å². The molecule has 0 aromatic heterocycles. The lowest BCUT2D eigenvalue weighted by Crippen LogP contribution is -2.40. The molecule has 4 rings (SSSR count). The van der Waals surface area contributed by atoms with E-state index in [4.69, 9.17) is 4.74 Å². The summed E-state index contributed by atoms with van der Waals surface area (Å²) in [5.74, 6) is -0.137. The van der Waals surface area contributed by atoms with E-state index in [1.165, 1.54) is 28.2 Å². The zero-order valence-electron chi connectivity index (χ0n) is 17.2. The van der Waals surface area contributed by atoms with Crippen LogP contribution < -0.4 is 5.32 Å². The lowest BCUT2D eigenvalue weighted by Gasteiger charge is -2.26. The largest absolute Gasteiger partial charge is 0.379 e. The summed E-state index contributed by atoms with van der Waals surface area (Å²) in [5.41, 5.74) is 0.567. The number of ether oxygens (including phenoxy) is 1. The molecule has 0 aliphatic carbocycles. The highest BCUT2D eigenvalue weighted by Crippen LogP contribution is 2.28. The van der Waals surface area contributed by atoms with Gasteiger partial charge in [0.05, 0.1) is 23.4 Å². The van der Waals surface area contributed by atoms with Gasteiger partial charge in [-0.1, -0.05) is 30.3 Å². The van der Waals surface area contributed by atoms with Crippen LogP contribution in [0.15, 0.2) is 76.5 Å². The Balaban J connectivity index is 1.39. The van der Waals surface area contributed by atoms with Gasteiger partial charge in [0.2, 0.25) is 15.9 Å². The summed E-state index contributed by atoms with van der Waals surface area (Å²) in [6, 6.07) is 20.6. The summed E-state index contributed by atoms with van der Waals surface area (Å²) in [6.07, 6.45) is 0. The number of thioether (sulfide) groups is 1.